The molecule has 110 valence electrons. The fourth-order valence-electron chi connectivity index (χ4n) is 2.84. The van der Waals surface area contributed by atoms with E-state index in [1.54, 1.807) is 0 Å². The van der Waals surface area contributed by atoms with E-state index in [2.05, 4.69) is 29.0 Å². The van der Waals surface area contributed by atoms with E-state index in [1.807, 2.05) is 4.90 Å². The van der Waals surface area contributed by atoms with Crippen LogP contribution in [0.15, 0.2) is 0 Å². The van der Waals surface area contributed by atoms with E-state index < -0.39 is 0 Å². The first kappa shape index (κ1) is 14.8. The van der Waals surface area contributed by atoms with Gasteiger partial charge in [0.15, 0.2) is 0 Å². The van der Waals surface area contributed by atoms with Crippen molar-refractivity contribution < 1.29 is 4.79 Å². The van der Waals surface area contributed by atoms with Crippen molar-refractivity contribution in [3.05, 3.63) is 0 Å². The van der Waals surface area contributed by atoms with Crippen molar-refractivity contribution in [2.75, 3.05) is 58.9 Å². The van der Waals surface area contributed by atoms with Crippen LogP contribution in [0.1, 0.15) is 20.3 Å². The zero-order valence-corrected chi connectivity index (χ0v) is 12.4. The van der Waals surface area contributed by atoms with Crippen LogP contribution < -0.4 is 5.32 Å². The first-order valence-electron chi connectivity index (χ1n) is 7.61. The minimum Gasteiger partial charge on any atom is -0.339 e. The van der Waals surface area contributed by atoms with Crippen LogP contribution in [0.3, 0.4) is 0 Å². The summed E-state index contributed by atoms with van der Waals surface area (Å²) in [6, 6.07) is 0.592. The Labute approximate surface area is 116 Å². The molecule has 5 nitrogen and oxygen atoms in total. The third-order valence-corrected chi connectivity index (χ3v) is 4.19. The molecule has 0 aromatic carbocycles. The Bertz CT molecular complexity index is 279. The minimum atomic E-state index is 0.310. The standard InChI is InChI=1S/C14H28N4O/c1-13(2)17-8-10-18(11-9-17)14(19)12-16-6-3-4-15-5-7-16/h13,15H,3-12H2,1-2H3. The Morgan fingerprint density at radius 2 is 1.79 bits per heavy atom. The number of amides is 1. The summed E-state index contributed by atoms with van der Waals surface area (Å²) in [6.07, 6.45) is 1.15. The third-order valence-electron chi connectivity index (χ3n) is 4.19. The zero-order chi connectivity index (χ0) is 13.7. The van der Waals surface area contributed by atoms with Gasteiger partial charge >= 0.3 is 0 Å². The number of rotatable bonds is 3. The lowest BCUT2D eigenvalue weighted by Crippen LogP contribution is -2.52. The number of nitrogens with one attached hydrogen (secondary N) is 1. The molecule has 0 aromatic rings. The second-order valence-corrected chi connectivity index (χ2v) is 5.89. The zero-order valence-electron chi connectivity index (χ0n) is 12.4. The van der Waals surface area contributed by atoms with Gasteiger partial charge in [-0.2, -0.15) is 0 Å². The van der Waals surface area contributed by atoms with E-state index in [4.69, 9.17) is 0 Å². The Morgan fingerprint density at radius 1 is 1.05 bits per heavy atom. The molecule has 19 heavy (non-hydrogen) atoms. The molecule has 2 fully saturated rings. The molecule has 2 saturated heterocycles. The maximum absolute atomic E-state index is 12.3. The summed E-state index contributed by atoms with van der Waals surface area (Å²) >= 11 is 0. The summed E-state index contributed by atoms with van der Waals surface area (Å²) in [5.74, 6) is 0.310. The third kappa shape index (κ3) is 4.44. The van der Waals surface area contributed by atoms with Gasteiger partial charge in [0.25, 0.3) is 0 Å². The number of carbonyl (C=O) groups is 1. The van der Waals surface area contributed by atoms with Gasteiger partial charge in [-0.15, -0.1) is 0 Å². The van der Waals surface area contributed by atoms with Crippen LogP contribution in [0.4, 0.5) is 0 Å². The van der Waals surface area contributed by atoms with Crippen LogP contribution in [0, 0.1) is 0 Å². The van der Waals surface area contributed by atoms with Crippen LogP contribution in [-0.2, 0) is 4.79 Å². The number of hydrogen-bond acceptors (Lipinski definition) is 4. The summed E-state index contributed by atoms with van der Waals surface area (Å²) in [6.45, 7) is 13.0. The summed E-state index contributed by atoms with van der Waals surface area (Å²) < 4.78 is 0. The molecule has 0 spiro atoms. The molecule has 0 unspecified atom stereocenters. The molecular formula is C14H28N4O. The fraction of sp³-hybridized carbons (Fsp3) is 0.929. The van der Waals surface area contributed by atoms with Crippen LogP contribution in [0.5, 0.6) is 0 Å². The first-order chi connectivity index (χ1) is 9.16. The molecule has 1 amide bonds. The first-order valence-corrected chi connectivity index (χ1v) is 7.61. The van der Waals surface area contributed by atoms with Crippen LogP contribution in [0.2, 0.25) is 0 Å². The van der Waals surface area contributed by atoms with Crippen molar-refractivity contribution >= 4 is 5.91 Å². The smallest absolute Gasteiger partial charge is 0.236 e. The van der Waals surface area contributed by atoms with E-state index in [-0.39, 0.29) is 0 Å². The maximum atomic E-state index is 12.3. The highest BCUT2D eigenvalue weighted by atomic mass is 16.2. The van der Waals surface area contributed by atoms with Crippen molar-refractivity contribution in [2.24, 2.45) is 0 Å². The van der Waals surface area contributed by atoms with E-state index in [0.717, 1.165) is 58.8 Å². The second-order valence-electron chi connectivity index (χ2n) is 5.89. The second kappa shape index (κ2) is 7.22. The topological polar surface area (TPSA) is 38.8 Å². The molecule has 2 aliphatic rings. The van der Waals surface area contributed by atoms with Crippen molar-refractivity contribution in [3.63, 3.8) is 0 Å². The van der Waals surface area contributed by atoms with Gasteiger partial charge in [-0.1, -0.05) is 0 Å². The highest BCUT2D eigenvalue weighted by molar-refractivity contribution is 5.78. The highest BCUT2D eigenvalue weighted by Crippen LogP contribution is 2.07. The summed E-state index contributed by atoms with van der Waals surface area (Å²) in [5, 5.41) is 3.38. The monoisotopic (exact) mass is 268 g/mol. The summed E-state index contributed by atoms with van der Waals surface area (Å²) in [5.41, 5.74) is 0. The molecular weight excluding hydrogens is 240 g/mol. The van der Waals surface area contributed by atoms with Gasteiger partial charge in [0.1, 0.15) is 0 Å². The Balaban J connectivity index is 1.74. The van der Waals surface area contributed by atoms with Crippen molar-refractivity contribution in [3.8, 4) is 0 Å². The van der Waals surface area contributed by atoms with Crippen molar-refractivity contribution in [1.29, 1.82) is 0 Å². The van der Waals surface area contributed by atoms with Gasteiger partial charge in [0.05, 0.1) is 6.54 Å². The lowest BCUT2D eigenvalue weighted by molar-refractivity contribution is -0.134. The molecule has 2 aliphatic heterocycles. The van der Waals surface area contributed by atoms with Crippen molar-refractivity contribution in [1.82, 2.24) is 20.0 Å². The van der Waals surface area contributed by atoms with Crippen molar-refractivity contribution in [2.45, 2.75) is 26.3 Å². The Kier molecular flexibility index (Phi) is 5.60. The minimum absolute atomic E-state index is 0.310. The van der Waals surface area contributed by atoms with Gasteiger partial charge in [0, 0.05) is 45.3 Å². The molecule has 0 atom stereocenters. The Hall–Kier alpha value is -0.650. The number of carbonyl (C=O) groups excluding carboxylic acids is 1. The predicted octanol–water partition coefficient (Wildman–Crippen LogP) is -0.166. The quantitative estimate of drug-likeness (QED) is 0.772. The largest absolute Gasteiger partial charge is 0.339 e. The number of nitrogens with zero attached hydrogens (tertiary/aromatic N) is 3. The SMILES string of the molecule is CC(C)N1CCN(C(=O)CN2CCCNCC2)CC1. The molecule has 5 heteroatoms. The molecule has 0 aliphatic carbocycles. The van der Waals surface area contributed by atoms with Crippen LogP contribution in [0.25, 0.3) is 0 Å². The molecule has 1 N–H and O–H groups in total. The van der Waals surface area contributed by atoms with Gasteiger partial charge in [-0.3, -0.25) is 14.6 Å². The number of piperazine rings is 1. The molecule has 0 radical (unpaired) electrons. The van der Waals surface area contributed by atoms with Crippen LogP contribution in [-0.4, -0.2) is 85.6 Å². The molecule has 0 bridgehead atoms. The fourth-order valence-corrected chi connectivity index (χ4v) is 2.84. The highest BCUT2D eigenvalue weighted by Gasteiger charge is 2.23. The maximum Gasteiger partial charge on any atom is 0.236 e. The molecule has 2 rings (SSSR count). The van der Waals surface area contributed by atoms with Gasteiger partial charge in [-0.25, -0.2) is 0 Å². The van der Waals surface area contributed by atoms with Gasteiger partial charge in [0.2, 0.25) is 5.91 Å². The summed E-state index contributed by atoms with van der Waals surface area (Å²) in [7, 11) is 0. The normalized spacial score (nSPS) is 23.6. The van der Waals surface area contributed by atoms with Gasteiger partial charge < -0.3 is 10.2 Å². The van der Waals surface area contributed by atoms with E-state index >= 15 is 0 Å². The van der Waals surface area contributed by atoms with E-state index in [0.29, 0.717) is 18.5 Å². The van der Waals surface area contributed by atoms with Gasteiger partial charge in [-0.05, 0) is 33.4 Å². The predicted molar refractivity (Wildman–Crippen MR) is 77.2 cm³/mol. The Morgan fingerprint density at radius 3 is 2.47 bits per heavy atom. The van der Waals surface area contributed by atoms with E-state index in [1.165, 1.54) is 0 Å². The molecule has 0 aromatic heterocycles. The average Bonchev–Trinajstić information content (AvgIpc) is 2.67. The molecule has 0 saturated carbocycles. The lowest BCUT2D eigenvalue weighted by atomic mass is 10.2. The summed E-state index contributed by atoms with van der Waals surface area (Å²) in [4.78, 5) is 19.1. The van der Waals surface area contributed by atoms with E-state index in [9.17, 15) is 4.79 Å². The average molecular weight is 268 g/mol. The van der Waals surface area contributed by atoms with Crippen LogP contribution >= 0.6 is 0 Å². The lowest BCUT2D eigenvalue weighted by Gasteiger charge is -2.37. The number of hydrogen-bond donors (Lipinski definition) is 1. The molecule has 2 heterocycles.